The van der Waals surface area contributed by atoms with Gasteiger partial charge in [0.25, 0.3) is 0 Å². The van der Waals surface area contributed by atoms with E-state index < -0.39 is 0 Å². The average Bonchev–Trinajstić information content (AvgIpc) is 2.49. The predicted octanol–water partition coefficient (Wildman–Crippen LogP) is 4.23. The van der Waals surface area contributed by atoms with E-state index in [1.165, 1.54) is 0 Å². The van der Waals surface area contributed by atoms with Crippen molar-refractivity contribution in [2.75, 3.05) is 30.9 Å². The Labute approximate surface area is 145 Å². The van der Waals surface area contributed by atoms with Gasteiger partial charge in [-0.1, -0.05) is 22.0 Å². The molecule has 0 unspecified atom stereocenters. The van der Waals surface area contributed by atoms with Gasteiger partial charge >= 0.3 is 0 Å². The van der Waals surface area contributed by atoms with Gasteiger partial charge in [0.2, 0.25) is 5.91 Å². The highest BCUT2D eigenvalue weighted by atomic mass is 79.9. The number of anilines is 2. The summed E-state index contributed by atoms with van der Waals surface area (Å²) in [5.41, 5.74) is 2.99. The lowest BCUT2D eigenvalue weighted by Gasteiger charge is -2.15. The molecule has 5 heteroatoms. The molecular formula is C18H21BrN2O2. The third-order valence-corrected chi connectivity index (χ3v) is 3.89. The van der Waals surface area contributed by atoms with E-state index in [1.54, 1.807) is 0 Å². The maximum Gasteiger partial charge on any atom is 0.227 e. The van der Waals surface area contributed by atoms with Crippen molar-refractivity contribution in [3.63, 3.8) is 0 Å². The molecule has 0 aliphatic rings. The van der Waals surface area contributed by atoms with Crippen LogP contribution in [0.2, 0.25) is 0 Å². The van der Waals surface area contributed by atoms with Gasteiger partial charge in [-0.15, -0.1) is 0 Å². The molecule has 23 heavy (non-hydrogen) atoms. The van der Waals surface area contributed by atoms with Crippen LogP contribution in [0.5, 0.6) is 5.75 Å². The van der Waals surface area contributed by atoms with E-state index in [0.717, 1.165) is 27.2 Å². The van der Waals surface area contributed by atoms with Crippen molar-refractivity contribution in [2.24, 2.45) is 0 Å². The highest BCUT2D eigenvalue weighted by Gasteiger charge is 2.07. The number of aryl methyl sites for hydroxylation is 1. The lowest BCUT2D eigenvalue weighted by atomic mass is 10.1. The Balaban J connectivity index is 1.85. The molecule has 1 amide bonds. The number of hydrogen-bond donors (Lipinski definition) is 1. The predicted molar refractivity (Wildman–Crippen MR) is 98.4 cm³/mol. The third-order valence-electron chi connectivity index (χ3n) is 3.39. The first-order valence-corrected chi connectivity index (χ1v) is 8.21. The van der Waals surface area contributed by atoms with E-state index in [2.05, 4.69) is 21.2 Å². The molecule has 0 aliphatic heterocycles. The van der Waals surface area contributed by atoms with Gasteiger partial charge in [-0.05, 0) is 48.9 Å². The minimum atomic E-state index is -0.0549. The third kappa shape index (κ3) is 5.28. The first kappa shape index (κ1) is 17.3. The summed E-state index contributed by atoms with van der Waals surface area (Å²) < 4.78 is 6.53. The molecule has 0 saturated carbocycles. The van der Waals surface area contributed by atoms with E-state index in [-0.39, 0.29) is 5.91 Å². The Morgan fingerprint density at radius 1 is 1.22 bits per heavy atom. The first-order chi connectivity index (χ1) is 11.0. The van der Waals surface area contributed by atoms with Crippen LogP contribution in [0.15, 0.2) is 46.9 Å². The second-order valence-corrected chi connectivity index (χ2v) is 6.41. The maximum atomic E-state index is 12.0. The summed E-state index contributed by atoms with van der Waals surface area (Å²) in [5.74, 6) is 0.694. The fraction of sp³-hybridized carbons (Fsp3) is 0.278. The molecule has 0 aliphatic carbocycles. The molecule has 2 rings (SSSR count). The van der Waals surface area contributed by atoms with Gasteiger partial charge in [0.05, 0.1) is 13.0 Å². The molecule has 0 heterocycles. The molecule has 2 aromatic carbocycles. The summed E-state index contributed by atoms with van der Waals surface area (Å²) in [6.45, 7) is 2.33. The number of halogens is 1. The fourth-order valence-electron chi connectivity index (χ4n) is 2.10. The standard InChI is InChI=1S/C18H21BrN2O2/c1-13-11-15(21(2)3)7-8-17(13)20-18(22)9-10-23-16-6-4-5-14(19)12-16/h4-8,11-12H,9-10H2,1-3H3,(H,20,22). The maximum absolute atomic E-state index is 12.0. The zero-order valence-electron chi connectivity index (χ0n) is 13.6. The molecular weight excluding hydrogens is 356 g/mol. The molecule has 4 nitrogen and oxygen atoms in total. The van der Waals surface area contributed by atoms with E-state index >= 15 is 0 Å². The van der Waals surface area contributed by atoms with Crippen LogP contribution in [-0.2, 0) is 4.79 Å². The molecule has 0 fully saturated rings. The summed E-state index contributed by atoms with van der Waals surface area (Å²) in [6, 6.07) is 13.5. The summed E-state index contributed by atoms with van der Waals surface area (Å²) in [5, 5.41) is 2.93. The quantitative estimate of drug-likeness (QED) is 0.819. The molecule has 122 valence electrons. The van der Waals surface area contributed by atoms with Crippen molar-refractivity contribution >= 4 is 33.2 Å². The topological polar surface area (TPSA) is 41.6 Å². The van der Waals surface area contributed by atoms with Crippen molar-refractivity contribution in [3.05, 3.63) is 52.5 Å². The lowest BCUT2D eigenvalue weighted by Crippen LogP contribution is -2.16. The fourth-order valence-corrected chi connectivity index (χ4v) is 2.48. The van der Waals surface area contributed by atoms with Gasteiger partial charge in [0.15, 0.2) is 0 Å². The van der Waals surface area contributed by atoms with Crippen molar-refractivity contribution in [1.82, 2.24) is 0 Å². The molecule has 0 spiro atoms. The Morgan fingerprint density at radius 3 is 2.65 bits per heavy atom. The van der Waals surface area contributed by atoms with Crippen LogP contribution >= 0.6 is 15.9 Å². The first-order valence-electron chi connectivity index (χ1n) is 7.42. The van der Waals surface area contributed by atoms with Gasteiger partial charge in [0.1, 0.15) is 5.75 Å². The second kappa shape index (κ2) is 8.02. The van der Waals surface area contributed by atoms with Crippen LogP contribution in [0.1, 0.15) is 12.0 Å². The number of amides is 1. The zero-order chi connectivity index (χ0) is 16.8. The highest BCUT2D eigenvalue weighted by Crippen LogP contribution is 2.21. The number of nitrogens with one attached hydrogen (secondary N) is 1. The number of hydrogen-bond acceptors (Lipinski definition) is 3. The van der Waals surface area contributed by atoms with E-state index in [1.807, 2.05) is 68.4 Å². The monoisotopic (exact) mass is 376 g/mol. The Kier molecular flexibility index (Phi) is 6.04. The summed E-state index contributed by atoms with van der Waals surface area (Å²) >= 11 is 3.39. The Morgan fingerprint density at radius 2 is 2.00 bits per heavy atom. The Hall–Kier alpha value is -2.01. The van der Waals surface area contributed by atoms with Crippen LogP contribution in [0.3, 0.4) is 0 Å². The number of carbonyl (C=O) groups excluding carboxylic acids is 1. The SMILES string of the molecule is Cc1cc(N(C)C)ccc1NC(=O)CCOc1cccc(Br)c1. The van der Waals surface area contributed by atoms with Crippen LogP contribution in [0.25, 0.3) is 0 Å². The van der Waals surface area contributed by atoms with E-state index in [9.17, 15) is 4.79 Å². The largest absolute Gasteiger partial charge is 0.493 e. The second-order valence-electron chi connectivity index (χ2n) is 5.50. The number of benzene rings is 2. The van der Waals surface area contributed by atoms with Gasteiger partial charge in [0, 0.05) is 29.9 Å². The van der Waals surface area contributed by atoms with Crippen molar-refractivity contribution < 1.29 is 9.53 Å². The normalized spacial score (nSPS) is 10.3. The van der Waals surface area contributed by atoms with Crippen molar-refractivity contribution in [1.29, 1.82) is 0 Å². The highest BCUT2D eigenvalue weighted by molar-refractivity contribution is 9.10. The molecule has 0 saturated heterocycles. The number of nitrogens with zero attached hydrogens (tertiary/aromatic N) is 1. The van der Waals surface area contributed by atoms with Gasteiger partial charge in [-0.3, -0.25) is 4.79 Å². The number of ether oxygens (including phenoxy) is 1. The summed E-state index contributed by atoms with van der Waals surface area (Å²) in [6.07, 6.45) is 0.307. The van der Waals surface area contributed by atoms with Crippen molar-refractivity contribution in [3.8, 4) is 5.75 Å². The molecule has 2 aromatic rings. The lowest BCUT2D eigenvalue weighted by molar-refractivity contribution is -0.116. The summed E-state index contributed by atoms with van der Waals surface area (Å²) in [4.78, 5) is 14.1. The minimum Gasteiger partial charge on any atom is -0.493 e. The van der Waals surface area contributed by atoms with Crippen LogP contribution < -0.4 is 15.0 Å². The number of rotatable bonds is 6. The van der Waals surface area contributed by atoms with Gasteiger partial charge < -0.3 is 15.0 Å². The van der Waals surface area contributed by atoms with Crippen LogP contribution in [0.4, 0.5) is 11.4 Å². The molecule has 0 bridgehead atoms. The van der Waals surface area contributed by atoms with Crippen molar-refractivity contribution in [2.45, 2.75) is 13.3 Å². The van der Waals surface area contributed by atoms with E-state index in [4.69, 9.17) is 4.74 Å². The molecule has 0 aromatic heterocycles. The summed E-state index contributed by atoms with van der Waals surface area (Å²) in [7, 11) is 3.98. The van der Waals surface area contributed by atoms with E-state index in [0.29, 0.717) is 13.0 Å². The molecule has 0 atom stereocenters. The smallest absolute Gasteiger partial charge is 0.227 e. The van der Waals surface area contributed by atoms with Crippen LogP contribution in [0, 0.1) is 6.92 Å². The van der Waals surface area contributed by atoms with Crippen LogP contribution in [-0.4, -0.2) is 26.6 Å². The van der Waals surface area contributed by atoms with Gasteiger partial charge in [-0.2, -0.15) is 0 Å². The average molecular weight is 377 g/mol. The molecule has 0 radical (unpaired) electrons. The number of carbonyl (C=O) groups is 1. The Bertz CT molecular complexity index is 686. The molecule has 1 N–H and O–H groups in total. The minimum absolute atomic E-state index is 0.0549. The zero-order valence-corrected chi connectivity index (χ0v) is 15.2. The van der Waals surface area contributed by atoms with Gasteiger partial charge in [-0.25, -0.2) is 0 Å².